The molecule has 1 heterocycles. The van der Waals surface area contributed by atoms with E-state index in [2.05, 4.69) is 18.0 Å². The molecule has 0 aliphatic carbocycles. The van der Waals surface area contributed by atoms with E-state index in [1.54, 1.807) is 0 Å². The smallest absolute Gasteiger partial charge is 0.0171 e. The van der Waals surface area contributed by atoms with Gasteiger partial charge in [-0.25, -0.2) is 0 Å². The highest BCUT2D eigenvalue weighted by molar-refractivity contribution is 8.03. The van der Waals surface area contributed by atoms with Crippen LogP contribution in [0.4, 0.5) is 0 Å². The van der Waals surface area contributed by atoms with Gasteiger partial charge < -0.3 is 10.6 Å². The molecular weight excluding hydrogens is 156 g/mol. The SMILES string of the molecule is CN1CC=C(SCCN)CC1. The van der Waals surface area contributed by atoms with E-state index in [0.717, 1.165) is 18.8 Å². The van der Waals surface area contributed by atoms with Gasteiger partial charge >= 0.3 is 0 Å². The first-order valence-corrected chi connectivity index (χ1v) is 5.02. The normalized spacial score (nSPS) is 20.0. The second-order valence-electron chi connectivity index (χ2n) is 2.82. The summed E-state index contributed by atoms with van der Waals surface area (Å²) in [6, 6.07) is 0. The molecule has 3 heteroatoms. The van der Waals surface area contributed by atoms with E-state index in [1.165, 1.54) is 17.9 Å². The highest BCUT2D eigenvalue weighted by atomic mass is 32.2. The highest BCUT2D eigenvalue weighted by Crippen LogP contribution is 2.21. The third-order valence-corrected chi connectivity index (χ3v) is 2.96. The third kappa shape index (κ3) is 3.27. The Kier molecular flexibility index (Phi) is 3.97. The molecule has 0 aromatic heterocycles. The second-order valence-corrected chi connectivity index (χ2v) is 4.04. The number of thioether (sulfide) groups is 1. The minimum atomic E-state index is 0.790. The van der Waals surface area contributed by atoms with Crippen molar-refractivity contribution in [1.29, 1.82) is 0 Å². The Hall–Kier alpha value is 0.01000. The standard InChI is InChI=1S/C8H16N2S/c1-10-5-2-8(3-6-10)11-7-4-9/h2H,3-7,9H2,1H3. The Bertz CT molecular complexity index is 145. The molecule has 0 unspecified atom stereocenters. The number of nitrogens with two attached hydrogens (primary N) is 1. The van der Waals surface area contributed by atoms with Crippen LogP contribution in [0.1, 0.15) is 6.42 Å². The molecule has 0 aromatic carbocycles. The minimum Gasteiger partial charge on any atom is -0.330 e. The number of rotatable bonds is 3. The van der Waals surface area contributed by atoms with Crippen LogP contribution in [0.3, 0.4) is 0 Å². The predicted octanol–water partition coefficient (Wildman–Crippen LogP) is 0.898. The zero-order valence-corrected chi connectivity index (χ0v) is 7.86. The van der Waals surface area contributed by atoms with Gasteiger partial charge in [-0.2, -0.15) is 0 Å². The fourth-order valence-electron chi connectivity index (χ4n) is 1.07. The van der Waals surface area contributed by atoms with Crippen LogP contribution in [0, 0.1) is 0 Å². The van der Waals surface area contributed by atoms with Crippen LogP contribution in [0.25, 0.3) is 0 Å². The summed E-state index contributed by atoms with van der Waals surface area (Å²) in [6.45, 7) is 3.09. The van der Waals surface area contributed by atoms with Crippen LogP contribution in [-0.2, 0) is 0 Å². The van der Waals surface area contributed by atoms with Crippen molar-refractivity contribution in [2.45, 2.75) is 6.42 Å². The quantitative estimate of drug-likeness (QED) is 0.686. The molecule has 2 nitrogen and oxygen atoms in total. The van der Waals surface area contributed by atoms with Crippen LogP contribution in [-0.4, -0.2) is 37.3 Å². The number of hydrogen-bond acceptors (Lipinski definition) is 3. The Morgan fingerprint density at radius 2 is 2.55 bits per heavy atom. The lowest BCUT2D eigenvalue weighted by molar-refractivity contribution is 0.364. The lowest BCUT2D eigenvalue weighted by Crippen LogP contribution is -2.23. The summed E-state index contributed by atoms with van der Waals surface area (Å²) in [5.74, 6) is 1.07. The lowest BCUT2D eigenvalue weighted by Gasteiger charge is -2.21. The highest BCUT2D eigenvalue weighted by Gasteiger charge is 2.06. The summed E-state index contributed by atoms with van der Waals surface area (Å²) in [5.41, 5.74) is 5.41. The van der Waals surface area contributed by atoms with Crippen LogP contribution >= 0.6 is 11.8 Å². The van der Waals surface area contributed by atoms with Crippen molar-refractivity contribution in [1.82, 2.24) is 4.90 Å². The number of hydrogen-bond donors (Lipinski definition) is 1. The van der Waals surface area contributed by atoms with E-state index in [-0.39, 0.29) is 0 Å². The summed E-state index contributed by atoms with van der Waals surface area (Å²) < 4.78 is 0. The van der Waals surface area contributed by atoms with Crippen LogP contribution in [0.2, 0.25) is 0 Å². The van der Waals surface area contributed by atoms with Gasteiger partial charge in [0.1, 0.15) is 0 Å². The largest absolute Gasteiger partial charge is 0.330 e. The van der Waals surface area contributed by atoms with Gasteiger partial charge in [0.2, 0.25) is 0 Å². The predicted molar refractivity (Wildman–Crippen MR) is 51.7 cm³/mol. The molecule has 0 aromatic rings. The summed E-state index contributed by atoms with van der Waals surface area (Å²) in [5, 5.41) is 0. The molecule has 0 radical (unpaired) electrons. The van der Waals surface area contributed by atoms with Crippen molar-refractivity contribution in [2.75, 3.05) is 32.4 Å². The molecule has 0 spiro atoms. The molecule has 0 saturated heterocycles. The van der Waals surface area contributed by atoms with Crippen molar-refractivity contribution < 1.29 is 0 Å². The molecule has 1 aliphatic rings. The topological polar surface area (TPSA) is 29.3 Å². The first-order valence-electron chi connectivity index (χ1n) is 4.03. The summed E-state index contributed by atoms with van der Waals surface area (Å²) >= 11 is 1.91. The van der Waals surface area contributed by atoms with Gasteiger partial charge in [-0.15, -0.1) is 11.8 Å². The van der Waals surface area contributed by atoms with Crippen LogP contribution in [0.5, 0.6) is 0 Å². The Morgan fingerprint density at radius 3 is 3.09 bits per heavy atom. The van der Waals surface area contributed by atoms with Crippen LogP contribution < -0.4 is 5.73 Å². The van der Waals surface area contributed by atoms with Crippen molar-refractivity contribution >= 4 is 11.8 Å². The first kappa shape index (κ1) is 9.10. The Labute approximate surface area is 72.8 Å². The minimum absolute atomic E-state index is 0.790. The number of nitrogens with zero attached hydrogens (tertiary/aromatic N) is 1. The van der Waals surface area contributed by atoms with E-state index in [0.29, 0.717) is 0 Å². The summed E-state index contributed by atoms with van der Waals surface area (Å²) in [6.07, 6.45) is 3.52. The van der Waals surface area contributed by atoms with Gasteiger partial charge in [0, 0.05) is 25.4 Å². The lowest BCUT2D eigenvalue weighted by atomic mass is 10.3. The average molecular weight is 172 g/mol. The molecular formula is C8H16N2S. The molecule has 0 fully saturated rings. The molecule has 0 amide bonds. The summed E-state index contributed by atoms with van der Waals surface area (Å²) in [7, 11) is 2.15. The Balaban J connectivity index is 2.24. The van der Waals surface area contributed by atoms with Crippen LogP contribution in [0.15, 0.2) is 11.0 Å². The molecule has 2 N–H and O–H groups in total. The molecule has 0 atom stereocenters. The molecule has 0 bridgehead atoms. The maximum Gasteiger partial charge on any atom is 0.0171 e. The van der Waals surface area contributed by atoms with Gasteiger partial charge in [0.25, 0.3) is 0 Å². The average Bonchev–Trinajstić information content (AvgIpc) is 2.04. The zero-order chi connectivity index (χ0) is 8.10. The van der Waals surface area contributed by atoms with Gasteiger partial charge in [-0.3, -0.25) is 0 Å². The van der Waals surface area contributed by atoms with Crippen molar-refractivity contribution in [2.24, 2.45) is 5.73 Å². The molecule has 1 rings (SSSR count). The Morgan fingerprint density at radius 1 is 1.73 bits per heavy atom. The van der Waals surface area contributed by atoms with E-state index >= 15 is 0 Å². The van der Waals surface area contributed by atoms with Gasteiger partial charge in [0.15, 0.2) is 0 Å². The van der Waals surface area contributed by atoms with E-state index in [9.17, 15) is 0 Å². The fourth-order valence-corrected chi connectivity index (χ4v) is 1.88. The molecule has 0 saturated carbocycles. The molecule has 64 valence electrons. The monoisotopic (exact) mass is 172 g/mol. The fraction of sp³-hybridized carbons (Fsp3) is 0.750. The third-order valence-electron chi connectivity index (χ3n) is 1.78. The first-order chi connectivity index (χ1) is 5.33. The zero-order valence-electron chi connectivity index (χ0n) is 7.05. The maximum absolute atomic E-state index is 5.41. The van der Waals surface area contributed by atoms with Gasteiger partial charge in [-0.1, -0.05) is 6.08 Å². The summed E-state index contributed by atoms with van der Waals surface area (Å²) in [4.78, 5) is 3.85. The van der Waals surface area contributed by atoms with E-state index in [1.807, 2.05) is 11.8 Å². The maximum atomic E-state index is 5.41. The molecule has 11 heavy (non-hydrogen) atoms. The van der Waals surface area contributed by atoms with Crippen molar-refractivity contribution in [3.05, 3.63) is 11.0 Å². The van der Waals surface area contributed by atoms with E-state index in [4.69, 9.17) is 5.73 Å². The van der Waals surface area contributed by atoms with Crippen molar-refractivity contribution in [3.63, 3.8) is 0 Å². The number of likely N-dealkylation sites (N-methyl/N-ethyl adjacent to an activating group) is 1. The van der Waals surface area contributed by atoms with Gasteiger partial charge in [-0.05, 0) is 18.4 Å². The second kappa shape index (κ2) is 4.80. The van der Waals surface area contributed by atoms with Gasteiger partial charge in [0.05, 0.1) is 0 Å². The van der Waals surface area contributed by atoms with Crippen molar-refractivity contribution in [3.8, 4) is 0 Å². The van der Waals surface area contributed by atoms with E-state index < -0.39 is 0 Å². The molecule has 1 aliphatic heterocycles.